The molecule has 0 heterocycles. The third-order valence-electron chi connectivity index (χ3n) is 3.07. The van der Waals surface area contributed by atoms with Gasteiger partial charge in [-0.3, -0.25) is 9.59 Å². The molecule has 0 aliphatic heterocycles. The fourth-order valence-corrected chi connectivity index (χ4v) is 1.79. The Bertz CT molecular complexity index is 483. The van der Waals surface area contributed by atoms with E-state index in [0.29, 0.717) is 12.2 Å². The Labute approximate surface area is 125 Å². The molecule has 0 unspecified atom stereocenters. The van der Waals surface area contributed by atoms with Gasteiger partial charge in [-0.2, -0.15) is 0 Å². The first-order valence-electron chi connectivity index (χ1n) is 6.76. The number of carbonyl (C=O) groups excluding carboxylic acids is 2. The molecule has 6 nitrogen and oxygen atoms in total. The SMILES string of the molecule is CNC(=O)C(C)(C)CNCC(=O)Nc1ccc(OC)cc1. The van der Waals surface area contributed by atoms with Crippen molar-refractivity contribution in [2.45, 2.75) is 13.8 Å². The molecule has 0 atom stereocenters. The van der Waals surface area contributed by atoms with E-state index in [9.17, 15) is 9.59 Å². The second-order valence-electron chi connectivity index (χ2n) is 5.34. The summed E-state index contributed by atoms with van der Waals surface area (Å²) in [7, 11) is 3.19. The molecule has 0 aromatic heterocycles. The summed E-state index contributed by atoms with van der Waals surface area (Å²) in [5.74, 6) is 0.511. The number of benzene rings is 1. The van der Waals surface area contributed by atoms with Gasteiger partial charge >= 0.3 is 0 Å². The van der Waals surface area contributed by atoms with Crippen LogP contribution in [0.4, 0.5) is 5.69 Å². The average Bonchev–Trinajstić information content (AvgIpc) is 2.46. The van der Waals surface area contributed by atoms with Crippen LogP contribution < -0.4 is 20.7 Å². The van der Waals surface area contributed by atoms with Gasteiger partial charge in [0.15, 0.2) is 0 Å². The highest BCUT2D eigenvalue weighted by atomic mass is 16.5. The van der Waals surface area contributed by atoms with Crippen LogP contribution in [0, 0.1) is 5.41 Å². The van der Waals surface area contributed by atoms with Crippen molar-refractivity contribution in [3.8, 4) is 5.75 Å². The minimum absolute atomic E-state index is 0.0643. The molecule has 0 saturated heterocycles. The van der Waals surface area contributed by atoms with Gasteiger partial charge in [0, 0.05) is 19.3 Å². The second kappa shape index (κ2) is 7.64. The summed E-state index contributed by atoms with van der Waals surface area (Å²) in [5.41, 5.74) is 0.142. The Hall–Kier alpha value is -2.08. The topological polar surface area (TPSA) is 79.5 Å². The lowest BCUT2D eigenvalue weighted by atomic mass is 9.92. The number of anilines is 1. The Morgan fingerprint density at radius 2 is 1.81 bits per heavy atom. The normalized spacial score (nSPS) is 10.9. The van der Waals surface area contributed by atoms with Gasteiger partial charge in [-0.15, -0.1) is 0 Å². The van der Waals surface area contributed by atoms with Crippen molar-refractivity contribution in [3.63, 3.8) is 0 Å². The van der Waals surface area contributed by atoms with Crippen LogP contribution in [-0.2, 0) is 9.59 Å². The number of ether oxygens (including phenoxy) is 1. The van der Waals surface area contributed by atoms with Crippen molar-refractivity contribution < 1.29 is 14.3 Å². The predicted molar refractivity (Wildman–Crippen MR) is 82.3 cm³/mol. The molecule has 0 radical (unpaired) electrons. The maximum atomic E-state index is 11.8. The molecule has 2 amide bonds. The molecule has 6 heteroatoms. The first-order valence-corrected chi connectivity index (χ1v) is 6.76. The molecule has 0 aliphatic carbocycles. The summed E-state index contributed by atoms with van der Waals surface area (Å²) in [4.78, 5) is 23.4. The molecule has 0 bridgehead atoms. The van der Waals surface area contributed by atoms with Gasteiger partial charge in [-0.25, -0.2) is 0 Å². The lowest BCUT2D eigenvalue weighted by Crippen LogP contribution is -2.43. The molecule has 1 aromatic carbocycles. The van der Waals surface area contributed by atoms with Crippen LogP contribution in [-0.4, -0.2) is 39.1 Å². The lowest BCUT2D eigenvalue weighted by molar-refractivity contribution is -0.128. The molecular formula is C15H23N3O3. The highest BCUT2D eigenvalue weighted by Crippen LogP contribution is 2.15. The van der Waals surface area contributed by atoms with Crippen molar-refractivity contribution in [1.29, 1.82) is 0 Å². The van der Waals surface area contributed by atoms with Crippen molar-refractivity contribution in [2.24, 2.45) is 5.41 Å². The van der Waals surface area contributed by atoms with Crippen LogP contribution in [0.25, 0.3) is 0 Å². The van der Waals surface area contributed by atoms with E-state index in [4.69, 9.17) is 4.74 Å². The number of amides is 2. The minimum Gasteiger partial charge on any atom is -0.497 e. The Balaban J connectivity index is 2.38. The standard InChI is InChI=1S/C15H23N3O3/c1-15(2,14(20)16-3)10-17-9-13(19)18-11-5-7-12(21-4)8-6-11/h5-8,17H,9-10H2,1-4H3,(H,16,20)(H,18,19). The fourth-order valence-electron chi connectivity index (χ4n) is 1.79. The molecule has 1 rings (SSSR count). The average molecular weight is 293 g/mol. The van der Waals surface area contributed by atoms with Gasteiger partial charge in [0.2, 0.25) is 11.8 Å². The molecule has 3 N–H and O–H groups in total. The van der Waals surface area contributed by atoms with E-state index in [0.717, 1.165) is 5.75 Å². The zero-order valence-corrected chi connectivity index (χ0v) is 12.9. The van der Waals surface area contributed by atoms with E-state index in [1.165, 1.54) is 0 Å². The van der Waals surface area contributed by atoms with E-state index in [2.05, 4.69) is 16.0 Å². The first-order chi connectivity index (χ1) is 9.89. The number of nitrogens with one attached hydrogen (secondary N) is 3. The van der Waals surface area contributed by atoms with E-state index in [1.54, 1.807) is 38.4 Å². The van der Waals surface area contributed by atoms with E-state index >= 15 is 0 Å². The molecule has 1 aromatic rings. The van der Waals surface area contributed by atoms with Crippen LogP contribution in [0.5, 0.6) is 5.75 Å². The monoisotopic (exact) mass is 293 g/mol. The number of hydrogen-bond acceptors (Lipinski definition) is 4. The van der Waals surface area contributed by atoms with Crippen LogP contribution in [0.3, 0.4) is 0 Å². The largest absolute Gasteiger partial charge is 0.497 e. The molecular weight excluding hydrogens is 270 g/mol. The Morgan fingerprint density at radius 3 is 2.33 bits per heavy atom. The maximum absolute atomic E-state index is 11.8. The highest BCUT2D eigenvalue weighted by molar-refractivity contribution is 5.92. The van der Waals surface area contributed by atoms with Gasteiger partial charge in [0.05, 0.1) is 19.1 Å². The number of hydrogen-bond donors (Lipinski definition) is 3. The Kier molecular flexibility index (Phi) is 6.17. The molecule has 0 saturated carbocycles. The smallest absolute Gasteiger partial charge is 0.238 e. The quantitative estimate of drug-likeness (QED) is 0.700. The summed E-state index contributed by atoms with van der Waals surface area (Å²) < 4.78 is 5.05. The first kappa shape index (κ1) is 17.0. The van der Waals surface area contributed by atoms with Gasteiger partial charge in [0.1, 0.15) is 5.75 Å². The third-order valence-corrected chi connectivity index (χ3v) is 3.07. The van der Waals surface area contributed by atoms with Gasteiger partial charge in [-0.05, 0) is 38.1 Å². The summed E-state index contributed by atoms with van der Waals surface area (Å²) >= 11 is 0. The summed E-state index contributed by atoms with van der Waals surface area (Å²) in [6.45, 7) is 4.20. The van der Waals surface area contributed by atoms with Crippen LogP contribution in [0.15, 0.2) is 24.3 Å². The molecule has 0 aliphatic rings. The summed E-state index contributed by atoms with van der Waals surface area (Å²) in [5, 5.41) is 8.35. The summed E-state index contributed by atoms with van der Waals surface area (Å²) in [6, 6.07) is 7.09. The van der Waals surface area contributed by atoms with E-state index < -0.39 is 5.41 Å². The lowest BCUT2D eigenvalue weighted by Gasteiger charge is -2.22. The van der Waals surface area contributed by atoms with Crippen LogP contribution >= 0.6 is 0 Å². The molecule has 116 valence electrons. The predicted octanol–water partition coefficient (Wildman–Crippen LogP) is 0.995. The van der Waals surface area contributed by atoms with Crippen molar-refractivity contribution in [2.75, 3.05) is 32.6 Å². The molecule has 0 fully saturated rings. The number of rotatable bonds is 7. The summed E-state index contributed by atoms with van der Waals surface area (Å²) in [6.07, 6.45) is 0. The second-order valence-corrected chi connectivity index (χ2v) is 5.34. The van der Waals surface area contributed by atoms with Gasteiger partial charge < -0.3 is 20.7 Å². The Morgan fingerprint density at radius 1 is 1.19 bits per heavy atom. The third kappa shape index (κ3) is 5.43. The highest BCUT2D eigenvalue weighted by Gasteiger charge is 2.26. The minimum atomic E-state index is -0.560. The zero-order chi connectivity index (χ0) is 15.9. The van der Waals surface area contributed by atoms with Crippen molar-refractivity contribution in [1.82, 2.24) is 10.6 Å². The van der Waals surface area contributed by atoms with Gasteiger partial charge in [-0.1, -0.05) is 0 Å². The van der Waals surface area contributed by atoms with E-state index in [-0.39, 0.29) is 18.4 Å². The van der Waals surface area contributed by atoms with E-state index in [1.807, 2.05) is 13.8 Å². The van der Waals surface area contributed by atoms with Crippen LogP contribution in [0.2, 0.25) is 0 Å². The van der Waals surface area contributed by atoms with Crippen molar-refractivity contribution in [3.05, 3.63) is 24.3 Å². The van der Waals surface area contributed by atoms with Gasteiger partial charge in [0.25, 0.3) is 0 Å². The molecule has 0 spiro atoms. The fraction of sp³-hybridized carbons (Fsp3) is 0.467. The zero-order valence-electron chi connectivity index (χ0n) is 12.9. The number of methoxy groups -OCH3 is 1. The molecule has 21 heavy (non-hydrogen) atoms. The number of carbonyl (C=O) groups is 2. The van der Waals surface area contributed by atoms with Crippen LogP contribution in [0.1, 0.15) is 13.8 Å². The maximum Gasteiger partial charge on any atom is 0.238 e. The van der Waals surface area contributed by atoms with Crippen molar-refractivity contribution >= 4 is 17.5 Å².